The lowest BCUT2D eigenvalue weighted by Gasteiger charge is -2.14. The van der Waals surface area contributed by atoms with Crippen LogP contribution in [0.2, 0.25) is 0 Å². The standard InChI is InChI=1S/C14H18FNO2/c1-2-18-11-5-6-13(15)12(9-11)14(17)10-16-7-3-4-8-16/h5-6,9H,2-4,7-8,10H2,1H3. The highest BCUT2D eigenvalue weighted by atomic mass is 19.1. The van der Waals surface area contributed by atoms with Crippen molar-refractivity contribution in [3.05, 3.63) is 29.6 Å². The fourth-order valence-corrected chi connectivity index (χ4v) is 2.20. The second kappa shape index (κ2) is 5.96. The molecular weight excluding hydrogens is 233 g/mol. The minimum absolute atomic E-state index is 0.132. The van der Waals surface area contributed by atoms with Gasteiger partial charge in [0, 0.05) is 0 Å². The van der Waals surface area contributed by atoms with E-state index in [0.717, 1.165) is 25.9 Å². The SMILES string of the molecule is CCOc1ccc(F)c(C(=O)CN2CCCC2)c1. The lowest BCUT2D eigenvalue weighted by molar-refractivity contribution is 0.0941. The highest BCUT2D eigenvalue weighted by Crippen LogP contribution is 2.18. The molecule has 0 N–H and O–H groups in total. The molecule has 98 valence electrons. The van der Waals surface area contributed by atoms with Crippen LogP contribution in [0.15, 0.2) is 18.2 Å². The Morgan fingerprint density at radius 2 is 2.11 bits per heavy atom. The summed E-state index contributed by atoms with van der Waals surface area (Å²) < 4.78 is 18.9. The van der Waals surface area contributed by atoms with Crippen LogP contribution in [0.25, 0.3) is 0 Å². The minimum atomic E-state index is -0.470. The number of hydrogen-bond donors (Lipinski definition) is 0. The third kappa shape index (κ3) is 3.07. The Bertz CT molecular complexity index is 428. The number of hydrogen-bond acceptors (Lipinski definition) is 3. The summed E-state index contributed by atoms with van der Waals surface area (Å²) >= 11 is 0. The summed E-state index contributed by atoms with van der Waals surface area (Å²) in [7, 11) is 0. The van der Waals surface area contributed by atoms with Crippen LogP contribution < -0.4 is 4.74 Å². The van der Waals surface area contributed by atoms with Crippen molar-refractivity contribution in [1.29, 1.82) is 0 Å². The van der Waals surface area contributed by atoms with Crippen LogP contribution in [-0.2, 0) is 0 Å². The normalized spacial score (nSPS) is 15.9. The van der Waals surface area contributed by atoms with Gasteiger partial charge in [0.25, 0.3) is 0 Å². The molecule has 0 bridgehead atoms. The van der Waals surface area contributed by atoms with Gasteiger partial charge >= 0.3 is 0 Å². The summed E-state index contributed by atoms with van der Waals surface area (Å²) in [6.07, 6.45) is 2.24. The smallest absolute Gasteiger partial charge is 0.179 e. The number of halogens is 1. The van der Waals surface area contributed by atoms with Crippen LogP contribution in [-0.4, -0.2) is 36.9 Å². The van der Waals surface area contributed by atoms with Gasteiger partial charge in [0.2, 0.25) is 0 Å². The van der Waals surface area contributed by atoms with Gasteiger partial charge in [0.05, 0.1) is 18.7 Å². The predicted molar refractivity (Wildman–Crippen MR) is 67.6 cm³/mol. The lowest BCUT2D eigenvalue weighted by atomic mass is 10.1. The number of carbonyl (C=O) groups is 1. The molecule has 1 aliphatic rings. The first-order valence-electron chi connectivity index (χ1n) is 6.38. The number of nitrogens with zero attached hydrogens (tertiary/aromatic N) is 1. The maximum absolute atomic E-state index is 13.6. The fourth-order valence-electron chi connectivity index (χ4n) is 2.20. The second-order valence-corrected chi connectivity index (χ2v) is 4.48. The van der Waals surface area contributed by atoms with Crippen LogP contribution in [0, 0.1) is 5.82 Å². The number of rotatable bonds is 5. The van der Waals surface area contributed by atoms with Crippen LogP contribution in [0.3, 0.4) is 0 Å². The van der Waals surface area contributed by atoms with E-state index >= 15 is 0 Å². The molecule has 0 radical (unpaired) electrons. The van der Waals surface area contributed by atoms with Crippen molar-refractivity contribution in [2.75, 3.05) is 26.2 Å². The Balaban J connectivity index is 2.09. The molecule has 0 aliphatic carbocycles. The van der Waals surface area contributed by atoms with Crippen LogP contribution in [0.5, 0.6) is 5.75 Å². The van der Waals surface area contributed by atoms with Gasteiger partial charge in [-0.2, -0.15) is 0 Å². The summed E-state index contributed by atoms with van der Waals surface area (Å²) in [4.78, 5) is 14.1. The van der Waals surface area contributed by atoms with Gasteiger partial charge in [-0.25, -0.2) is 4.39 Å². The summed E-state index contributed by atoms with van der Waals surface area (Å²) in [5, 5.41) is 0. The zero-order valence-electron chi connectivity index (χ0n) is 10.6. The average Bonchev–Trinajstić information content (AvgIpc) is 2.84. The first kappa shape index (κ1) is 13.0. The quantitative estimate of drug-likeness (QED) is 0.753. The zero-order valence-corrected chi connectivity index (χ0v) is 10.6. The zero-order chi connectivity index (χ0) is 13.0. The van der Waals surface area contributed by atoms with Crippen molar-refractivity contribution in [3.63, 3.8) is 0 Å². The van der Waals surface area contributed by atoms with Crippen molar-refractivity contribution in [2.45, 2.75) is 19.8 Å². The molecule has 0 spiro atoms. The van der Waals surface area contributed by atoms with E-state index in [0.29, 0.717) is 18.9 Å². The number of benzene rings is 1. The molecule has 0 aromatic heterocycles. The van der Waals surface area contributed by atoms with Crippen LogP contribution >= 0.6 is 0 Å². The molecular formula is C14H18FNO2. The third-order valence-electron chi connectivity index (χ3n) is 3.12. The van der Waals surface area contributed by atoms with Crippen molar-refractivity contribution >= 4 is 5.78 Å². The van der Waals surface area contributed by atoms with E-state index in [1.54, 1.807) is 6.07 Å². The van der Waals surface area contributed by atoms with Crippen molar-refractivity contribution in [2.24, 2.45) is 0 Å². The van der Waals surface area contributed by atoms with E-state index in [4.69, 9.17) is 4.74 Å². The molecule has 1 aromatic carbocycles. The fraction of sp³-hybridized carbons (Fsp3) is 0.500. The highest BCUT2D eigenvalue weighted by Gasteiger charge is 2.19. The molecule has 1 heterocycles. The molecule has 3 nitrogen and oxygen atoms in total. The molecule has 18 heavy (non-hydrogen) atoms. The molecule has 1 fully saturated rings. The Morgan fingerprint density at radius 1 is 1.39 bits per heavy atom. The monoisotopic (exact) mass is 251 g/mol. The van der Waals surface area contributed by atoms with Crippen molar-refractivity contribution < 1.29 is 13.9 Å². The maximum atomic E-state index is 13.6. The second-order valence-electron chi connectivity index (χ2n) is 4.48. The summed E-state index contributed by atoms with van der Waals surface area (Å²) in [6.45, 7) is 4.52. The van der Waals surface area contributed by atoms with Gasteiger partial charge in [-0.1, -0.05) is 0 Å². The number of ketones is 1. The van der Waals surface area contributed by atoms with E-state index < -0.39 is 5.82 Å². The molecule has 0 atom stereocenters. The van der Waals surface area contributed by atoms with Crippen LogP contribution in [0.4, 0.5) is 4.39 Å². The number of ether oxygens (including phenoxy) is 1. The predicted octanol–water partition coefficient (Wildman–Crippen LogP) is 2.50. The van der Waals surface area contributed by atoms with E-state index in [1.165, 1.54) is 12.1 Å². The maximum Gasteiger partial charge on any atom is 0.179 e. The first-order valence-corrected chi connectivity index (χ1v) is 6.38. The minimum Gasteiger partial charge on any atom is -0.494 e. The number of likely N-dealkylation sites (tertiary alicyclic amines) is 1. The molecule has 1 aliphatic heterocycles. The molecule has 1 saturated heterocycles. The van der Waals surface area contributed by atoms with E-state index in [9.17, 15) is 9.18 Å². The summed E-state index contributed by atoms with van der Waals surface area (Å²) in [6, 6.07) is 4.34. The van der Waals surface area contributed by atoms with Crippen molar-refractivity contribution in [1.82, 2.24) is 4.90 Å². The topological polar surface area (TPSA) is 29.5 Å². The van der Waals surface area contributed by atoms with Gasteiger partial charge in [0.15, 0.2) is 5.78 Å². The molecule has 2 rings (SSSR count). The van der Waals surface area contributed by atoms with E-state index in [1.807, 2.05) is 6.92 Å². The van der Waals surface area contributed by atoms with Gasteiger partial charge in [-0.05, 0) is 51.1 Å². The Labute approximate surface area is 107 Å². The van der Waals surface area contributed by atoms with E-state index in [2.05, 4.69) is 4.90 Å². The van der Waals surface area contributed by atoms with Gasteiger partial charge in [0.1, 0.15) is 11.6 Å². The van der Waals surface area contributed by atoms with Gasteiger partial charge in [-0.15, -0.1) is 0 Å². The third-order valence-corrected chi connectivity index (χ3v) is 3.12. The summed E-state index contributed by atoms with van der Waals surface area (Å²) in [5.74, 6) is -0.0951. The van der Waals surface area contributed by atoms with Crippen LogP contribution in [0.1, 0.15) is 30.1 Å². The largest absolute Gasteiger partial charge is 0.494 e. The number of carbonyl (C=O) groups excluding carboxylic acids is 1. The Hall–Kier alpha value is -1.42. The Morgan fingerprint density at radius 3 is 2.78 bits per heavy atom. The Kier molecular flexibility index (Phi) is 4.31. The molecule has 1 aromatic rings. The molecule has 4 heteroatoms. The van der Waals surface area contributed by atoms with E-state index in [-0.39, 0.29) is 11.3 Å². The lowest BCUT2D eigenvalue weighted by Crippen LogP contribution is -2.27. The van der Waals surface area contributed by atoms with Gasteiger partial charge in [-0.3, -0.25) is 9.69 Å². The van der Waals surface area contributed by atoms with Gasteiger partial charge < -0.3 is 4.74 Å². The highest BCUT2D eigenvalue weighted by molar-refractivity contribution is 5.98. The first-order chi connectivity index (χ1) is 8.70. The molecule has 0 unspecified atom stereocenters. The average molecular weight is 251 g/mol. The van der Waals surface area contributed by atoms with Crippen molar-refractivity contribution in [3.8, 4) is 5.75 Å². The number of Topliss-reactive ketones (excluding diaryl/α,β-unsaturated/α-hetero) is 1. The molecule has 0 saturated carbocycles. The summed E-state index contributed by atoms with van der Waals surface area (Å²) in [5.41, 5.74) is 0.132. The molecule has 0 amide bonds.